The van der Waals surface area contributed by atoms with Crippen molar-refractivity contribution in [3.63, 3.8) is 0 Å². The number of thioether (sulfide) groups is 1. The Kier molecular flexibility index (Phi) is 5.14. The Morgan fingerprint density at radius 3 is 2.75 bits per heavy atom. The van der Waals surface area contributed by atoms with Gasteiger partial charge in [0.1, 0.15) is 5.37 Å². The summed E-state index contributed by atoms with van der Waals surface area (Å²) in [5.74, 6) is 1.97. The summed E-state index contributed by atoms with van der Waals surface area (Å²) in [6.07, 6.45) is 0. The Morgan fingerprint density at radius 2 is 2.10 bits per heavy atom. The average Bonchev–Trinajstić information content (AvgIpc) is 2.84. The van der Waals surface area contributed by atoms with E-state index in [1.54, 1.807) is 33.1 Å². The summed E-state index contributed by atoms with van der Waals surface area (Å²) in [7, 11) is 4.86. The largest absolute Gasteiger partial charge is 0.493 e. The third-order valence-corrected chi connectivity index (χ3v) is 4.44. The molecule has 1 atom stereocenters. The maximum absolute atomic E-state index is 12.0. The zero-order valence-corrected chi connectivity index (χ0v) is 12.7. The fourth-order valence-electron chi connectivity index (χ4n) is 2.25. The molecule has 1 aromatic rings. The van der Waals surface area contributed by atoms with Crippen LogP contribution in [0.1, 0.15) is 10.9 Å². The van der Waals surface area contributed by atoms with Gasteiger partial charge in [-0.1, -0.05) is 12.1 Å². The lowest BCUT2D eigenvalue weighted by Crippen LogP contribution is -2.31. The summed E-state index contributed by atoms with van der Waals surface area (Å²) in [5, 5.41) is -0.0531. The second-order valence-electron chi connectivity index (χ2n) is 4.33. The van der Waals surface area contributed by atoms with Gasteiger partial charge in [0.15, 0.2) is 11.5 Å². The number of nitrogens with zero attached hydrogens (tertiary/aromatic N) is 1. The van der Waals surface area contributed by atoms with Crippen molar-refractivity contribution in [3.8, 4) is 11.5 Å². The van der Waals surface area contributed by atoms with Gasteiger partial charge in [-0.3, -0.25) is 4.79 Å². The van der Waals surface area contributed by atoms with E-state index in [0.717, 1.165) is 5.56 Å². The molecular weight excluding hydrogens is 278 g/mol. The van der Waals surface area contributed by atoms with Crippen LogP contribution in [0, 0.1) is 0 Å². The van der Waals surface area contributed by atoms with Crippen LogP contribution in [-0.2, 0) is 9.53 Å². The Hall–Kier alpha value is -1.40. The maximum Gasteiger partial charge on any atom is 0.233 e. The molecule has 6 heteroatoms. The lowest BCUT2D eigenvalue weighted by molar-refractivity contribution is -0.128. The Morgan fingerprint density at radius 1 is 1.30 bits per heavy atom. The number of hydrogen-bond acceptors (Lipinski definition) is 5. The van der Waals surface area contributed by atoms with E-state index in [4.69, 9.17) is 14.2 Å². The number of methoxy groups -OCH3 is 3. The highest BCUT2D eigenvalue weighted by molar-refractivity contribution is 8.00. The molecule has 1 heterocycles. The first-order chi connectivity index (χ1) is 9.72. The zero-order valence-electron chi connectivity index (χ0n) is 11.9. The minimum atomic E-state index is -0.0531. The molecule has 5 nitrogen and oxygen atoms in total. The first-order valence-electron chi connectivity index (χ1n) is 6.33. The van der Waals surface area contributed by atoms with Crippen molar-refractivity contribution in [3.05, 3.63) is 23.8 Å². The summed E-state index contributed by atoms with van der Waals surface area (Å²) in [5.41, 5.74) is 0.957. The van der Waals surface area contributed by atoms with Gasteiger partial charge in [0.25, 0.3) is 0 Å². The highest BCUT2D eigenvalue weighted by Crippen LogP contribution is 2.45. The van der Waals surface area contributed by atoms with Crippen LogP contribution in [0.25, 0.3) is 0 Å². The summed E-state index contributed by atoms with van der Waals surface area (Å²) in [6, 6.07) is 5.73. The molecule has 1 amide bonds. The topological polar surface area (TPSA) is 48.0 Å². The minimum absolute atomic E-state index is 0.0531. The third-order valence-electron chi connectivity index (χ3n) is 3.20. The van der Waals surface area contributed by atoms with Crippen molar-refractivity contribution >= 4 is 17.7 Å². The highest BCUT2D eigenvalue weighted by atomic mass is 32.2. The van der Waals surface area contributed by atoms with Crippen LogP contribution >= 0.6 is 11.8 Å². The molecule has 110 valence electrons. The molecule has 0 aliphatic carbocycles. The molecule has 2 rings (SSSR count). The van der Waals surface area contributed by atoms with Crippen LogP contribution < -0.4 is 9.47 Å². The minimum Gasteiger partial charge on any atom is -0.493 e. The fourth-order valence-corrected chi connectivity index (χ4v) is 3.48. The monoisotopic (exact) mass is 297 g/mol. The SMILES string of the molecule is COCCN1C(=O)CSC1c1cccc(OC)c1OC. The smallest absolute Gasteiger partial charge is 0.233 e. The van der Waals surface area contributed by atoms with Crippen molar-refractivity contribution < 1.29 is 19.0 Å². The number of benzene rings is 1. The third kappa shape index (κ3) is 2.86. The van der Waals surface area contributed by atoms with E-state index in [0.29, 0.717) is 30.4 Å². The van der Waals surface area contributed by atoms with E-state index >= 15 is 0 Å². The van der Waals surface area contributed by atoms with Crippen LogP contribution in [0.3, 0.4) is 0 Å². The first-order valence-corrected chi connectivity index (χ1v) is 7.38. The zero-order chi connectivity index (χ0) is 14.5. The van der Waals surface area contributed by atoms with Gasteiger partial charge in [0, 0.05) is 19.2 Å². The normalized spacial score (nSPS) is 18.4. The second kappa shape index (κ2) is 6.85. The standard InChI is InChI=1S/C14H19NO4S/c1-17-8-7-15-12(16)9-20-14(15)10-5-4-6-11(18-2)13(10)19-3/h4-6,14H,7-9H2,1-3H3. The number of para-hydroxylation sites is 1. The second-order valence-corrected chi connectivity index (χ2v) is 5.39. The number of carbonyl (C=O) groups excluding carboxylic acids is 1. The number of carbonyl (C=O) groups is 1. The summed E-state index contributed by atoms with van der Waals surface area (Å²) in [4.78, 5) is 13.8. The summed E-state index contributed by atoms with van der Waals surface area (Å²) >= 11 is 1.60. The number of amides is 1. The molecule has 1 unspecified atom stereocenters. The van der Waals surface area contributed by atoms with Crippen LogP contribution in [0.5, 0.6) is 11.5 Å². The molecule has 1 aromatic carbocycles. The van der Waals surface area contributed by atoms with E-state index in [1.165, 1.54) is 0 Å². The molecule has 0 radical (unpaired) electrons. The van der Waals surface area contributed by atoms with Crippen molar-refractivity contribution in [2.24, 2.45) is 0 Å². The van der Waals surface area contributed by atoms with Crippen LogP contribution in [0.2, 0.25) is 0 Å². The van der Waals surface area contributed by atoms with E-state index in [1.807, 2.05) is 23.1 Å². The molecule has 1 aliphatic heterocycles. The maximum atomic E-state index is 12.0. The summed E-state index contributed by atoms with van der Waals surface area (Å²) < 4.78 is 15.9. The molecule has 1 aliphatic rings. The van der Waals surface area contributed by atoms with Crippen LogP contribution in [0.15, 0.2) is 18.2 Å². The predicted molar refractivity (Wildman–Crippen MR) is 78.3 cm³/mol. The van der Waals surface area contributed by atoms with Crippen molar-refractivity contribution in [2.75, 3.05) is 40.2 Å². The predicted octanol–water partition coefficient (Wildman–Crippen LogP) is 1.92. The molecule has 0 saturated carbocycles. The lowest BCUT2D eigenvalue weighted by Gasteiger charge is -2.25. The molecule has 0 aromatic heterocycles. The molecular formula is C14H19NO4S. The molecule has 0 bridgehead atoms. The lowest BCUT2D eigenvalue weighted by atomic mass is 10.1. The first kappa shape index (κ1) is 15.0. The number of hydrogen-bond donors (Lipinski definition) is 0. The van der Waals surface area contributed by atoms with Gasteiger partial charge in [-0.25, -0.2) is 0 Å². The summed E-state index contributed by atoms with van der Waals surface area (Å²) in [6.45, 7) is 1.10. The van der Waals surface area contributed by atoms with E-state index in [2.05, 4.69) is 0 Å². The van der Waals surface area contributed by atoms with Gasteiger partial charge in [-0.2, -0.15) is 0 Å². The quantitative estimate of drug-likeness (QED) is 0.803. The van der Waals surface area contributed by atoms with Crippen molar-refractivity contribution in [2.45, 2.75) is 5.37 Å². The van der Waals surface area contributed by atoms with Crippen LogP contribution in [-0.4, -0.2) is 51.0 Å². The number of rotatable bonds is 6. The molecule has 20 heavy (non-hydrogen) atoms. The fraction of sp³-hybridized carbons (Fsp3) is 0.500. The van der Waals surface area contributed by atoms with Gasteiger partial charge < -0.3 is 19.1 Å². The molecule has 0 N–H and O–H groups in total. The van der Waals surface area contributed by atoms with E-state index in [-0.39, 0.29) is 11.3 Å². The van der Waals surface area contributed by atoms with E-state index < -0.39 is 0 Å². The average molecular weight is 297 g/mol. The van der Waals surface area contributed by atoms with Gasteiger partial charge in [0.2, 0.25) is 5.91 Å². The van der Waals surface area contributed by atoms with Gasteiger partial charge in [-0.05, 0) is 6.07 Å². The van der Waals surface area contributed by atoms with Gasteiger partial charge in [-0.15, -0.1) is 11.8 Å². The van der Waals surface area contributed by atoms with Crippen molar-refractivity contribution in [1.82, 2.24) is 4.90 Å². The van der Waals surface area contributed by atoms with Gasteiger partial charge in [0.05, 0.1) is 26.6 Å². The van der Waals surface area contributed by atoms with E-state index in [9.17, 15) is 4.79 Å². The Bertz CT molecular complexity index is 480. The molecule has 1 saturated heterocycles. The van der Waals surface area contributed by atoms with Gasteiger partial charge >= 0.3 is 0 Å². The Balaban J connectivity index is 2.32. The van der Waals surface area contributed by atoms with Crippen LogP contribution in [0.4, 0.5) is 0 Å². The Labute approximate surface area is 123 Å². The molecule has 1 fully saturated rings. The molecule has 0 spiro atoms. The highest BCUT2D eigenvalue weighted by Gasteiger charge is 2.34. The number of ether oxygens (including phenoxy) is 3. The van der Waals surface area contributed by atoms with Crippen molar-refractivity contribution in [1.29, 1.82) is 0 Å².